The monoisotopic (exact) mass is 275 g/mol. The zero-order valence-corrected chi connectivity index (χ0v) is 12.5. The Morgan fingerprint density at radius 3 is 2.42 bits per heavy atom. The van der Waals surface area contributed by atoms with Gasteiger partial charge in [-0.25, -0.2) is 0 Å². The maximum Gasteiger partial charge on any atom is 0.0434 e. The molecule has 0 amide bonds. The lowest BCUT2D eigenvalue weighted by atomic mass is 10.0. The Kier molecular flexibility index (Phi) is 4.07. The fourth-order valence-electron chi connectivity index (χ4n) is 2.08. The van der Waals surface area contributed by atoms with E-state index < -0.39 is 10.8 Å². The van der Waals surface area contributed by atoms with E-state index >= 15 is 0 Å². The molecule has 0 bridgehead atoms. The van der Waals surface area contributed by atoms with Crippen LogP contribution in [0.4, 0.5) is 0 Å². The van der Waals surface area contributed by atoms with Crippen molar-refractivity contribution in [2.45, 2.75) is 31.6 Å². The van der Waals surface area contributed by atoms with Crippen molar-refractivity contribution in [3.05, 3.63) is 48.0 Å². The summed E-state index contributed by atoms with van der Waals surface area (Å²) in [5.41, 5.74) is 7.34. The minimum absolute atomic E-state index is 0.189. The van der Waals surface area contributed by atoms with Gasteiger partial charge in [-0.3, -0.25) is 4.21 Å². The Morgan fingerprint density at radius 1 is 1.11 bits per heavy atom. The summed E-state index contributed by atoms with van der Waals surface area (Å²) in [4.78, 5) is 0. The maximum absolute atomic E-state index is 12.2. The summed E-state index contributed by atoms with van der Waals surface area (Å²) in [5.74, 6) is 0.498. The molecule has 0 aromatic heterocycles. The van der Waals surface area contributed by atoms with E-state index in [4.69, 9.17) is 5.73 Å². The van der Waals surface area contributed by atoms with E-state index in [0.29, 0.717) is 5.75 Å². The van der Waals surface area contributed by atoms with E-state index in [1.54, 1.807) is 0 Å². The van der Waals surface area contributed by atoms with Crippen molar-refractivity contribution < 1.29 is 4.21 Å². The van der Waals surface area contributed by atoms with Crippen molar-refractivity contribution in [2.75, 3.05) is 5.75 Å². The van der Waals surface area contributed by atoms with Gasteiger partial charge in [-0.05, 0) is 37.1 Å². The Morgan fingerprint density at radius 2 is 1.74 bits per heavy atom. The van der Waals surface area contributed by atoms with E-state index in [9.17, 15) is 4.21 Å². The highest BCUT2D eigenvalue weighted by atomic mass is 32.2. The molecular weight excluding hydrogens is 254 g/mol. The van der Waals surface area contributed by atoms with Gasteiger partial charge in [0.15, 0.2) is 0 Å². The van der Waals surface area contributed by atoms with Gasteiger partial charge in [0.05, 0.1) is 0 Å². The minimum Gasteiger partial charge on any atom is -0.323 e. The number of fused-ring (bicyclic) bond motifs is 1. The van der Waals surface area contributed by atoms with Crippen LogP contribution in [0.25, 0.3) is 10.8 Å². The molecule has 0 saturated heterocycles. The first-order valence-corrected chi connectivity index (χ1v) is 7.83. The van der Waals surface area contributed by atoms with Crippen LogP contribution >= 0.6 is 0 Å². The molecule has 0 saturated carbocycles. The molecule has 0 spiro atoms. The van der Waals surface area contributed by atoms with Crippen molar-refractivity contribution in [2.24, 2.45) is 5.73 Å². The van der Waals surface area contributed by atoms with Gasteiger partial charge in [-0.15, -0.1) is 0 Å². The molecule has 2 rings (SSSR count). The van der Waals surface area contributed by atoms with E-state index in [1.165, 1.54) is 5.39 Å². The summed E-state index contributed by atoms with van der Waals surface area (Å²) in [5, 5.41) is 2.33. The van der Waals surface area contributed by atoms with Crippen LogP contribution in [0.2, 0.25) is 0 Å². The van der Waals surface area contributed by atoms with Crippen LogP contribution in [-0.4, -0.2) is 14.7 Å². The normalized spacial score (nSPS) is 15.4. The molecule has 19 heavy (non-hydrogen) atoms. The molecule has 0 aliphatic heterocycles. The predicted octanol–water partition coefficient (Wildman–Crippen LogP) is 3.39. The molecule has 0 fully saturated rings. The molecule has 3 heteroatoms. The van der Waals surface area contributed by atoms with Gasteiger partial charge in [0.25, 0.3) is 0 Å². The van der Waals surface area contributed by atoms with Crippen molar-refractivity contribution in [1.82, 2.24) is 0 Å². The summed E-state index contributed by atoms with van der Waals surface area (Å²) in [6.45, 7) is 5.96. The van der Waals surface area contributed by atoms with Gasteiger partial charge in [-0.2, -0.15) is 0 Å². The largest absolute Gasteiger partial charge is 0.323 e. The number of nitrogens with two attached hydrogens (primary N) is 1. The van der Waals surface area contributed by atoms with Gasteiger partial charge < -0.3 is 5.73 Å². The first-order chi connectivity index (χ1) is 8.89. The highest BCUT2D eigenvalue weighted by molar-refractivity contribution is 7.86. The number of rotatable bonds is 3. The Labute approximate surface area is 117 Å². The minimum atomic E-state index is -0.936. The number of hydrogen-bond donors (Lipinski definition) is 1. The van der Waals surface area contributed by atoms with E-state index in [-0.39, 0.29) is 10.8 Å². The van der Waals surface area contributed by atoms with Crippen LogP contribution < -0.4 is 5.73 Å². The molecule has 2 unspecified atom stereocenters. The van der Waals surface area contributed by atoms with E-state index in [0.717, 1.165) is 10.9 Å². The second-order valence-corrected chi connectivity index (χ2v) is 8.05. The lowest BCUT2D eigenvalue weighted by Crippen LogP contribution is -2.29. The molecular formula is C16H21NOS. The zero-order chi connectivity index (χ0) is 14.0. The molecule has 0 radical (unpaired) electrons. The zero-order valence-electron chi connectivity index (χ0n) is 11.7. The van der Waals surface area contributed by atoms with E-state index in [2.05, 4.69) is 18.2 Å². The van der Waals surface area contributed by atoms with Gasteiger partial charge >= 0.3 is 0 Å². The Hall–Kier alpha value is -1.19. The van der Waals surface area contributed by atoms with Gasteiger partial charge in [-0.1, -0.05) is 42.5 Å². The van der Waals surface area contributed by atoms with Crippen molar-refractivity contribution >= 4 is 21.6 Å². The van der Waals surface area contributed by atoms with Crippen LogP contribution in [0.3, 0.4) is 0 Å². The lowest BCUT2D eigenvalue weighted by Gasteiger charge is -2.21. The fourth-order valence-corrected chi connectivity index (χ4v) is 3.08. The van der Waals surface area contributed by atoms with Gasteiger partial charge in [0.2, 0.25) is 0 Å². The highest BCUT2D eigenvalue weighted by Gasteiger charge is 2.22. The van der Waals surface area contributed by atoms with E-state index in [1.807, 2.05) is 45.0 Å². The molecule has 2 atom stereocenters. The third-order valence-corrected chi connectivity index (χ3v) is 5.26. The second-order valence-electron chi connectivity index (χ2n) is 5.80. The van der Waals surface area contributed by atoms with Crippen molar-refractivity contribution in [3.63, 3.8) is 0 Å². The first kappa shape index (κ1) is 14.2. The molecule has 2 aromatic carbocycles. The highest BCUT2D eigenvalue weighted by Crippen LogP contribution is 2.25. The third kappa shape index (κ3) is 3.23. The molecule has 0 aliphatic carbocycles. The Balaban J connectivity index is 2.32. The third-order valence-electron chi connectivity index (χ3n) is 3.24. The van der Waals surface area contributed by atoms with Crippen LogP contribution in [0.15, 0.2) is 42.5 Å². The molecule has 2 N–H and O–H groups in total. The molecule has 2 aromatic rings. The SMILES string of the molecule is CC(C)(C)S(=O)CC(N)c1cccc2ccccc12. The molecule has 0 heterocycles. The maximum atomic E-state index is 12.2. The lowest BCUT2D eigenvalue weighted by molar-refractivity contribution is 0.641. The number of benzene rings is 2. The molecule has 102 valence electrons. The predicted molar refractivity (Wildman–Crippen MR) is 83.6 cm³/mol. The van der Waals surface area contributed by atoms with Crippen molar-refractivity contribution in [3.8, 4) is 0 Å². The standard InChI is InChI=1S/C16H21NOS/c1-16(2,3)19(18)11-15(17)14-10-6-8-12-7-4-5-9-13(12)14/h4-10,15H,11,17H2,1-3H3. The smallest absolute Gasteiger partial charge is 0.0434 e. The van der Waals surface area contributed by atoms with Gasteiger partial charge in [0, 0.05) is 27.3 Å². The van der Waals surface area contributed by atoms with Crippen LogP contribution in [0.5, 0.6) is 0 Å². The second kappa shape index (κ2) is 5.43. The fraction of sp³-hybridized carbons (Fsp3) is 0.375. The van der Waals surface area contributed by atoms with Crippen LogP contribution in [-0.2, 0) is 10.8 Å². The number of hydrogen-bond acceptors (Lipinski definition) is 2. The first-order valence-electron chi connectivity index (χ1n) is 6.51. The molecule has 0 aliphatic rings. The Bertz CT molecular complexity index is 596. The van der Waals surface area contributed by atoms with Gasteiger partial charge in [0.1, 0.15) is 0 Å². The topological polar surface area (TPSA) is 43.1 Å². The average Bonchev–Trinajstić information content (AvgIpc) is 2.36. The van der Waals surface area contributed by atoms with Crippen molar-refractivity contribution in [1.29, 1.82) is 0 Å². The average molecular weight is 275 g/mol. The summed E-state index contributed by atoms with van der Waals surface area (Å²) in [6.07, 6.45) is 0. The quantitative estimate of drug-likeness (QED) is 0.933. The summed E-state index contributed by atoms with van der Waals surface area (Å²) >= 11 is 0. The van der Waals surface area contributed by atoms with Crippen LogP contribution in [0.1, 0.15) is 32.4 Å². The summed E-state index contributed by atoms with van der Waals surface area (Å²) in [6, 6.07) is 14.1. The summed E-state index contributed by atoms with van der Waals surface area (Å²) < 4.78 is 12.0. The summed E-state index contributed by atoms with van der Waals surface area (Å²) in [7, 11) is -0.936. The van der Waals surface area contributed by atoms with Crippen LogP contribution in [0, 0.1) is 0 Å². The molecule has 2 nitrogen and oxygen atoms in total.